The molecule has 0 saturated heterocycles. The number of nitrogens with one attached hydrogen (secondary N) is 1. The summed E-state index contributed by atoms with van der Waals surface area (Å²) < 4.78 is 52.5. The van der Waals surface area contributed by atoms with Crippen LogP contribution in [0.15, 0.2) is 9.59 Å². The van der Waals surface area contributed by atoms with Crippen LogP contribution in [0.2, 0.25) is 0 Å². The van der Waals surface area contributed by atoms with E-state index in [1.54, 1.807) is 4.98 Å². The van der Waals surface area contributed by atoms with Crippen LogP contribution in [0.25, 0.3) is 0 Å². The van der Waals surface area contributed by atoms with E-state index in [4.69, 9.17) is 5.11 Å². The van der Waals surface area contributed by atoms with Gasteiger partial charge in [0.2, 0.25) is 11.7 Å². The third-order valence-electron chi connectivity index (χ3n) is 1.84. The highest BCUT2D eigenvalue weighted by molar-refractivity contribution is 5.09. The molecule has 1 aromatic rings. The number of nitrogens with zero attached hydrogens (tertiary/aromatic N) is 1. The molecule has 0 aliphatic carbocycles. The van der Waals surface area contributed by atoms with Crippen LogP contribution in [-0.2, 0) is 11.3 Å². The summed E-state index contributed by atoms with van der Waals surface area (Å²) in [4.78, 5) is 23.3. The van der Waals surface area contributed by atoms with E-state index in [0.29, 0.717) is 4.57 Å². The first-order chi connectivity index (χ1) is 8.22. The highest BCUT2D eigenvalue weighted by Crippen LogP contribution is 2.14. The molecule has 2 N–H and O–H groups in total. The lowest BCUT2D eigenvalue weighted by atomic mass is 10.5. The summed E-state index contributed by atoms with van der Waals surface area (Å²) in [7, 11) is 0. The van der Waals surface area contributed by atoms with Crippen LogP contribution >= 0.6 is 0 Å². The minimum atomic E-state index is -4.52. The molecule has 102 valence electrons. The minimum absolute atomic E-state index is 0.354. The monoisotopic (exact) mass is 272 g/mol. The summed E-state index contributed by atoms with van der Waals surface area (Å²) in [5.74, 6) is -2.84. The van der Waals surface area contributed by atoms with Crippen molar-refractivity contribution >= 4 is 0 Å². The van der Waals surface area contributed by atoms with Gasteiger partial charge in [0.1, 0.15) is 6.61 Å². The fourth-order valence-electron chi connectivity index (χ4n) is 1.09. The van der Waals surface area contributed by atoms with Gasteiger partial charge in [0.15, 0.2) is 0 Å². The van der Waals surface area contributed by atoms with Crippen molar-refractivity contribution in [2.45, 2.75) is 12.7 Å². The molecule has 0 atom stereocenters. The maximum absolute atomic E-state index is 12.9. The van der Waals surface area contributed by atoms with Gasteiger partial charge in [-0.05, 0) is 0 Å². The molecule has 0 aliphatic heterocycles. The maximum Gasteiger partial charge on any atom is 0.411 e. The molecule has 0 radical (unpaired) electrons. The van der Waals surface area contributed by atoms with Crippen molar-refractivity contribution in [2.24, 2.45) is 0 Å². The molecule has 0 amide bonds. The third-order valence-corrected chi connectivity index (χ3v) is 1.84. The summed E-state index contributed by atoms with van der Waals surface area (Å²) >= 11 is 0. The zero-order chi connectivity index (χ0) is 13.9. The van der Waals surface area contributed by atoms with Gasteiger partial charge < -0.3 is 9.84 Å². The highest BCUT2D eigenvalue weighted by Gasteiger charge is 2.27. The molecule has 10 heteroatoms. The Labute approximate surface area is 96.4 Å². The number of hydrogen-bond donors (Lipinski definition) is 2. The molecule has 0 bridgehead atoms. The van der Waals surface area contributed by atoms with Gasteiger partial charge in [-0.1, -0.05) is 0 Å². The van der Waals surface area contributed by atoms with Crippen LogP contribution in [0.4, 0.5) is 17.6 Å². The van der Waals surface area contributed by atoms with Gasteiger partial charge in [0.05, 0.1) is 13.2 Å². The summed E-state index contributed by atoms with van der Waals surface area (Å²) in [6, 6.07) is 0. The van der Waals surface area contributed by atoms with Crippen LogP contribution in [0.5, 0.6) is 5.88 Å². The Bertz CT molecular complexity index is 533. The minimum Gasteiger partial charge on any atom is -0.492 e. The van der Waals surface area contributed by atoms with E-state index in [2.05, 4.69) is 4.74 Å². The number of rotatable bonds is 4. The molecule has 0 fully saturated rings. The van der Waals surface area contributed by atoms with E-state index >= 15 is 0 Å². The summed E-state index contributed by atoms with van der Waals surface area (Å²) in [5, 5.41) is 9.11. The van der Waals surface area contributed by atoms with Crippen LogP contribution in [0.1, 0.15) is 0 Å². The van der Waals surface area contributed by atoms with Crippen molar-refractivity contribution in [2.75, 3.05) is 13.2 Å². The predicted molar refractivity (Wildman–Crippen MR) is 49.8 cm³/mol. The molecular weight excluding hydrogens is 264 g/mol. The number of aromatic hydroxyl groups is 1. The Kier molecular flexibility index (Phi) is 4.11. The first-order valence-electron chi connectivity index (χ1n) is 4.58. The molecule has 1 heterocycles. The van der Waals surface area contributed by atoms with Crippen LogP contribution in [-0.4, -0.2) is 34.0 Å². The molecule has 0 unspecified atom stereocenters. The zero-order valence-corrected chi connectivity index (χ0v) is 8.75. The number of hydrogen-bond acceptors (Lipinski definition) is 4. The number of halogens is 4. The topological polar surface area (TPSA) is 84.3 Å². The Morgan fingerprint density at radius 2 is 1.94 bits per heavy atom. The highest BCUT2D eigenvalue weighted by atomic mass is 19.4. The van der Waals surface area contributed by atoms with E-state index in [9.17, 15) is 27.2 Å². The van der Waals surface area contributed by atoms with E-state index < -0.39 is 48.9 Å². The molecular formula is C8H8F4N2O4. The lowest BCUT2D eigenvalue weighted by Crippen LogP contribution is -2.33. The quantitative estimate of drug-likeness (QED) is 0.595. The van der Waals surface area contributed by atoms with Crippen LogP contribution in [0, 0.1) is 5.82 Å². The van der Waals surface area contributed by atoms with Crippen molar-refractivity contribution in [3.05, 3.63) is 26.7 Å². The van der Waals surface area contributed by atoms with Gasteiger partial charge in [-0.2, -0.15) is 17.6 Å². The number of alkyl halides is 3. The molecule has 1 rings (SSSR count). The second-order valence-electron chi connectivity index (χ2n) is 3.22. The summed E-state index contributed by atoms with van der Waals surface area (Å²) in [6.07, 6.45) is -4.52. The third kappa shape index (κ3) is 3.58. The summed E-state index contributed by atoms with van der Waals surface area (Å²) in [6.45, 7) is -2.65. The second-order valence-corrected chi connectivity index (χ2v) is 3.22. The number of aromatic nitrogens is 2. The van der Waals surface area contributed by atoms with Crippen LogP contribution < -0.4 is 11.2 Å². The van der Waals surface area contributed by atoms with E-state index in [-0.39, 0.29) is 0 Å². The van der Waals surface area contributed by atoms with E-state index in [1.807, 2.05) is 0 Å². The molecule has 1 aromatic heterocycles. The second kappa shape index (κ2) is 5.21. The largest absolute Gasteiger partial charge is 0.492 e. The molecule has 0 spiro atoms. The van der Waals surface area contributed by atoms with Crippen molar-refractivity contribution < 1.29 is 27.4 Å². The maximum atomic E-state index is 12.9. The normalized spacial score (nSPS) is 11.8. The lowest BCUT2D eigenvalue weighted by Gasteiger charge is -2.10. The van der Waals surface area contributed by atoms with Gasteiger partial charge in [-0.25, -0.2) is 4.79 Å². The van der Waals surface area contributed by atoms with Gasteiger partial charge in [0.25, 0.3) is 5.56 Å². The van der Waals surface area contributed by atoms with Gasteiger partial charge in [-0.15, -0.1) is 0 Å². The zero-order valence-electron chi connectivity index (χ0n) is 8.75. The number of ether oxygens (including phenoxy) is 1. The molecule has 0 aromatic carbocycles. The Hall–Kier alpha value is -1.84. The SMILES string of the molecule is O=c1[nH]c(=O)n(CCOCC(F)(F)F)c(O)c1F. The molecule has 6 nitrogen and oxygen atoms in total. The Morgan fingerprint density at radius 3 is 2.50 bits per heavy atom. The molecule has 0 saturated carbocycles. The van der Waals surface area contributed by atoms with Crippen molar-refractivity contribution in [1.82, 2.24) is 9.55 Å². The predicted octanol–water partition coefficient (Wildman–Crippen LogP) is -0.0398. The Morgan fingerprint density at radius 1 is 1.33 bits per heavy atom. The smallest absolute Gasteiger partial charge is 0.411 e. The number of aromatic amines is 1. The lowest BCUT2D eigenvalue weighted by molar-refractivity contribution is -0.174. The average molecular weight is 272 g/mol. The van der Waals surface area contributed by atoms with Crippen molar-refractivity contribution in [3.63, 3.8) is 0 Å². The first-order valence-corrected chi connectivity index (χ1v) is 4.58. The first kappa shape index (κ1) is 14.2. The van der Waals surface area contributed by atoms with Crippen molar-refractivity contribution in [3.8, 4) is 5.88 Å². The van der Waals surface area contributed by atoms with E-state index in [1.165, 1.54) is 0 Å². The van der Waals surface area contributed by atoms with Crippen LogP contribution in [0.3, 0.4) is 0 Å². The molecule has 18 heavy (non-hydrogen) atoms. The fraction of sp³-hybridized carbons (Fsp3) is 0.500. The van der Waals surface area contributed by atoms with Gasteiger partial charge in [-0.3, -0.25) is 14.3 Å². The average Bonchev–Trinajstić information content (AvgIpc) is 2.23. The molecule has 0 aliphatic rings. The Balaban J connectivity index is 2.72. The van der Waals surface area contributed by atoms with Gasteiger partial charge in [0, 0.05) is 0 Å². The van der Waals surface area contributed by atoms with Gasteiger partial charge >= 0.3 is 11.9 Å². The number of H-pyrrole nitrogens is 1. The fourth-order valence-corrected chi connectivity index (χ4v) is 1.09. The standard InChI is InChI=1S/C8H8F4N2O4/c9-4-5(15)13-7(17)14(6(4)16)1-2-18-3-8(10,11)12/h16H,1-3H2,(H,13,15,17). The summed E-state index contributed by atoms with van der Waals surface area (Å²) in [5.41, 5.74) is -2.56. The van der Waals surface area contributed by atoms with E-state index in [0.717, 1.165) is 0 Å². The van der Waals surface area contributed by atoms with Crippen molar-refractivity contribution in [1.29, 1.82) is 0 Å².